The lowest BCUT2D eigenvalue weighted by atomic mass is 10.2. The van der Waals surface area contributed by atoms with Crippen molar-refractivity contribution in [1.29, 1.82) is 0 Å². The highest BCUT2D eigenvalue weighted by atomic mass is 127. The lowest BCUT2D eigenvalue weighted by Gasteiger charge is -1.89. The number of halogens is 2. The number of furan rings is 1. The fraction of sp³-hybridized carbons (Fsp3) is 0.200. The van der Waals surface area contributed by atoms with Crippen LogP contribution in [0.1, 0.15) is 11.3 Å². The summed E-state index contributed by atoms with van der Waals surface area (Å²) >= 11 is 1.84. The third-order valence-corrected chi connectivity index (χ3v) is 1.85. The molecule has 0 amide bonds. The second-order valence-electron chi connectivity index (χ2n) is 2.89. The molecule has 0 aliphatic heterocycles. The zero-order valence-corrected chi connectivity index (χ0v) is 10.7. The van der Waals surface area contributed by atoms with E-state index < -0.39 is 6.67 Å². The minimum absolute atomic E-state index is 0.399. The maximum absolute atomic E-state index is 12.2. The second-order valence-corrected chi connectivity index (χ2v) is 2.89. The fourth-order valence-electron chi connectivity index (χ4n) is 1.28. The molecule has 0 bridgehead atoms. The van der Waals surface area contributed by atoms with Crippen LogP contribution >= 0.6 is 31.0 Å². The van der Waals surface area contributed by atoms with Crippen molar-refractivity contribution in [2.75, 3.05) is 0 Å². The number of hydrogen-bond donors (Lipinski definition) is 1. The SMILES string of the molecule is Cc1ccc2oc(CF)cc2c1.SI. The number of alkyl halides is 1. The predicted molar refractivity (Wildman–Crippen MR) is 68.8 cm³/mol. The van der Waals surface area contributed by atoms with Crippen molar-refractivity contribution in [1.82, 2.24) is 0 Å². The van der Waals surface area contributed by atoms with Crippen molar-refractivity contribution < 1.29 is 8.81 Å². The van der Waals surface area contributed by atoms with E-state index >= 15 is 0 Å². The van der Waals surface area contributed by atoms with Crippen molar-refractivity contribution in [2.24, 2.45) is 0 Å². The van der Waals surface area contributed by atoms with Gasteiger partial charge in [0, 0.05) is 5.39 Å². The average Bonchev–Trinajstić information content (AvgIpc) is 2.62. The first-order valence-corrected chi connectivity index (χ1v) is 7.25. The summed E-state index contributed by atoms with van der Waals surface area (Å²) in [5.74, 6) is 0.399. The molecule has 4 heteroatoms. The van der Waals surface area contributed by atoms with Crippen LogP contribution in [0.2, 0.25) is 0 Å². The molecule has 1 heterocycles. The third kappa shape index (κ3) is 2.63. The van der Waals surface area contributed by atoms with Crippen LogP contribution in [0.3, 0.4) is 0 Å². The lowest BCUT2D eigenvalue weighted by Crippen LogP contribution is -1.67. The van der Waals surface area contributed by atoms with Gasteiger partial charge in [0.25, 0.3) is 0 Å². The van der Waals surface area contributed by atoms with Crippen LogP contribution < -0.4 is 0 Å². The van der Waals surface area contributed by atoms with Gasteiger partial charge in [-0.25, -0.2) is 4.39 Å². The van der Waals surface area contributed by atoms with E-state index in [1.165, 1.54) is 0 Å². The van der Waals surface area contributed by atoms with E-state index in [4.69, 9.17) is 4.42 Å². The van der Waals surface area contributed by atoms with Gasteiger partial charge in [0.1, 0.15) is 18.0 Å². The van der Waals surface area contributed by atoms with Crippen LogP contribution in [0.5, 0.6) is 0 Å². The molecule has 2 aromatic rings. The van der Waals surface area contributed by atoms with Gasteiger partial charge in [0.2, 0.25) is 0 Å². The smallest absolute Gasteiger partial charge is 0.147 e. The molecule has 0 aliphatic rings. The topological polar surface area (TPSA) is 13.1 Å². The van der Waals surface area contributed by atoms with Gasteiger partial charge in [0.15, 0.2) is 0 Å². The number of rotatable bonds is 1. The summed E-state index contributed by atoms with van der Waals surface area (Å²) in [6.07, 6.45) is 0. The first kappa shape index (κ1) is 11.8. The van der Waals surface area contributed by atoms with Crippen LogP contribution in [0.4, 0.5) is 4.39 Å². The van der Waals surface area contributed by atoms with Gasteiger partial charge in [0.05, 0.1) is 0 Å². The molecule has 0 radical (unpaired) electrons. The zero-order valence-electron chi connectivity index (χ0n) is 7.63. The molecule has 1 nitrogen and oxygen atoms in total. The second kappa shape index (κ2) is 5.60. The Labute approximate surface area is 99.7 Å². The molecule has 1 aromatic heterocycles. The number of thiol groups is 1. The van der Waals surface area contributed by atoms with E-state index in [0.717, 1.165) is 16.5 Å². The van der Waals surface area contributed by atoms with E-state index in [-0.39, 0.29) is 0 Å². The Morgan fingerprint density at radius 1 is 1.36 bits per heavy atom. The van der Waals surface area contributed by atoms with Gasteiger partial charge >= 0.3 is 0 Å². The molecule has 0 atom stereocenters. The molecule has 0 saturated heterocycles. The Balaban J connectivity index is 0.000000461. The van der Waals surface area contributed by atoms with Gasteiger partial charge in [-0.2, -0.15) is 0 Å². The van der Waals surface area contributed by atoms with Crippen LogP contribution in [0.15, 0.2) is 28.7 Å². The summed E-state index contributed by atoms with van der Waals surface area (Å²) in [5.41, 5.74) is 1.92. The minimum atomic E-state index is -0.534. The number of fused-ring (bicyclic) bond motifs is 1. The molecule has 0 fully saturated rings. The number of hydrogen-bond acceptors (Lipinski definition) is 2. The average molecular weight is 324 g/mol. The van der Waals surface area contributed by atoms with E-state index in [1.807, 2.05) is 46.3 Å². The summed E-state index contributed by atoms with van der Waals surface area (Å²) in [6.45, 7) is 1.47. The van der Waals surface area contributed by atoms with Crippen molar-refractivity contribution in [3.63, 3.8) is 0 Å². The lowest BCUT2D eigenvalue weighted by molar-refractivity contribution is 0.407. The molecular formula is C10H10FIOS. The molecule has 0 N–H and O–H groups in total. The largest absolute Gasteiger partial charge is 0.458 e. The first-order chi connectivity index (χ1) is 6.79. The summed E-state index contributed by atoms with van der Waals surface area (Å²) < 4.78 is 17.4. The summed E-state index contributed by atoms with van der Waals surface area (Å²) in [5, 5.41) is 0.975. The van der Waals surface area contributed by atoms with Gasteiger partial charge in [-0.1, -0.05) is 11.6 Å². The van der Waals surface area contributed by atoms with Gasteiger partial charge in [-0.15, -0.1) is 9.80 Å². The maximum atomic E-state index is 12.2. The van der Waals surface area contributed by atoms with E-state index in [9.17, 15) is 4.39 Å². The highest BCUT2D eigenvalue weighted by Crippen LogP contribution is 2.20. The van der Waals surface area contributed by atoms with Gasteiger partial charge < -0.3 is 4.42 Å². The van der Waals surface area contributed by atoms with Crippen LogP contribution in [0.25, 0.3) is 11.0 Å². The Kier molecular flexibility index (Phi) is 4.74. The molecule has 76 valence electrons. The molecule has 0 saturated carbocycles. The monoisotopic (exact) mass is 324 g/mol. The maximum Gasteiger partial charge on any atom is 0.147 e. The Morgan fingerprint density at radius 3 is 2.71 bits per heavy atom. The summed E-state index contributed by atoms with van der Waals surface area (Å²) in [6, 6.07) is 7.54. The normalized spacial score (nSPS) is 9.71. The van der Waals surface area contributed by atoms with Crippen molar-refractivity contribution in [3.05, 3.63) is 35.6 Å². The molecule has 0 aliphatic carbocycles. The molecule has 14 heavy (non-hydrogen) atoms. The van der Waals surface area contributed by atoms with Crippen LogP contribution in [-0.2, 0) is 6.67 Å². The van der Waals surface area contributed by atoms with Crippen LogP contribution in [0, 0.1) is 6.92 Å². The van der Waals surface area contributed by atoms with Gasteiger partial charge in [-0.3, -0.25) is 0 Å². The summed E-state index contributed by atoms with van der Waals surface area (Å²) in [4.78, 5) is 0. The van der Waals surface area contributed by atoms with Crippen molar-refractivity contribution in [2.45, 2.75) is 13.6 Å². The molecular weight excluding hydrogens is 314 g/mol. The Morgan fingerprint density at radius 2 is 2.07 bits per heavy atom. The Hall–Kier alpha value is -0.230. The first-order valence-electron chi connectivity index (χ1n) is 4.01. The fourth-order valence-corrected chi connectivity index (χ4v) is 1.28. The highest BCUT2D eigenvalue weighted by molar-refractivity contribution is 14.2. The highest BCUT2D eigenvalue weighted by Gasteiger charge is 2.01. The molecule has 0 unspecified atom stereocenters. The summed E-state index contributed by atoms with van der Waals surface area (Å²) in [7, 11) is 3.50. The zero-order chi connectivity index (χ0) is 10.6. The predicted octanol–water partition coefficient (Wildman–Crippen LogP) is 4.48. The van der Waals surface area contributed by atoms with E-state index in [1.54, 1.807) is 6.07 Å². The Bertz CT molecular complexity index is 413. The third-order valence-electron chi connectivity index (χ3n) is 1.85. The van der Waals surface area contributed by atoms with E-state index in [0.29, 0.717) is 5.76 Å². The molecule has 2 rings (SSSR count). The molecule has 0 spiro atoms. The standard InChI is InChI=1S/C10H9FO.HIS/c1-7-2-3-10-8(4-7)5-9(6-11)12-10;1-2/h2-5H,6H2,1H3;2H. The van der Waals surface area contributed by atoms with Gasteiger partial charge in [-0.05, 0) is 46.3 Å². The minimum Gasteiger partial charge on any atom is -0.458 e. The number of aryl methyl sites for hydroxylation is 1. The van der Waals surface area contributed by atoms with Crippen molar-refractivity contribution >= 4 is 42.0 Å². The molecule has 1 aromatic carbocycles. The van der Waals surface area contributed by atoms with E-state index in [2.05, 4.69) is 9.80 Å². The quantitative estimate of drug-likeness (QED) is 0.603. The number of benzene rings is 1. The van der Waals surface area contributed by atoms with Crippen LogP contribution in [-0.4, -0.2) is 0 Å². The van der Waals surface area contributed by atoms with Crippen molar-refractivity contribution in [3.8, 4) is 0 Å².